The lowest BCUT2D eigenvalue weighted by atomic mass is 10.2. The number of hydrogen-bond donors (Lipinski definition) is 0. The normalized spacial score (nSPS) is 10.8. The van der Waals surface area contributed by atoms with E-state index in [1.54, 1.807) is 0 Å². The molecule has 0 amide bonds. The highest BCUT2D eigenvalue weighted by atomic mass is 19.2. The van der Waals surface area contributed by atoms with Crippen molar-refractivity contribution in [1.82, 2.24) is 0 Å². The van der Waals surface area contributed by atoms with Gasteiger partial charge in [-0.1, -0.05) is 0 Å². The molecular weight excluding hydrogens is 174 g/mol. The van der Waals surface area contributed by atoms with Gasteiger partial charge in [0, 0.05) is 6.04 Å². The number of nitrogens with zero attached hydrogens (tertiary/aromatic N) is 1. The third-order valence-electron chi connectivity index (χ3n) is 1.16. The summed E-state index contributed by atoms with van der Waals surface area (Å²) in [7, 11) is 0. The van der Waals surface area contributed by atoms with Crippen molar-refractivity contribution in [3.8, 4) is 6.07 Å². The van der Waals surface area contributed by atoms with Crippen LogP contribution >= 0.6 is 0 Å². The van der Waals surface area contributed by atoms with Gasteiger partial charge in [0.2, 0.25) is 0 Å². The van der Waals surface area contributed by atoms with Crippen molar-refractivity contribution in [2.45, 2.75) is 0 Å². The number of halogens is 4. The SMILES string of the molecule is [2H]c1c(F)c(F)c(C#N)c(F)c1F. The van der Waals surface area contributed by atoms with E-state index in [9.17, 15) is 17.6 Å². The Morgan fingerprint density at radius 2 is 1.58 bits per heavy atom. The van der Waals surface area contributed by atoms with Crippen LogP contribution in [0.15, 0.2) is 6.04 Å². The highest BCUT2D eigenvalue weighted by molar-refractivity contribution is 5.33. The first-order valence-corrected chi connectivity index (χ1v) is 2.73. The van der Waals surface area contributed by atoms with Gasteiger partial charge in [-0.15, -0.1) is 0 Å². The molecule has 0 heterocycles. The van der Waals surface area contributed by atoms with Crippen molar-refractivity contribution in [2.75, 3.05) is 0 Å². The van der Waals surface area contributed by atoms with Gasteiger partial charge < -0.3 is 0 Å². The predicted octanol–water partition coefficient (Wildman–Crippen LogP) is 2.11. The molecule has 62 valence electrons. The number of nitriles is 1. The molecule has 1 nitrogen and oxygen atoms in total. The molecule has 0 aromatic heterocycles. The highest BCUT2D eigenvalue weighted by Crippen LogP contribution is 2.17. The van der Waals surface area contributed by atoms with Crippen LogP contribution in [0.2, 0.25) is 0 Å². The number of benzene rings is 1. The van der Waals surface area contributed by atoms with E-state index in [4.69, 9.17) is 6.63 Å². The zero-order chi connectivity index (χ0) is 10.2. The molecule has 0 atom stereocenters. The van der Waals surface area contributed by atoms with Gasteiger partial charge in [-0.25, -0.2) is 17.6 Å². The van der Waals surface area contributed by atoms with Crippen LogP contribution in [-0.4, -0.2) is 0 Å². The van der Waals surface area contributed by atoms with Crippen LogP contribution in [0.25, 0.3) is 0 Å². The minimum absolute atomic E-state index is 0.959. The summed E-state index contributed by atoms with van der Waals surface area (Å²) in [6, 6.07) is -0.560. The minimum Gasteiger partial charge on any atom is -0.204 e. The lowest BCUT2D eigenvalue weighted by Gasteiger charge is -1.97. The molecule has 1 aromatic rings. The van der Waals surface area contributed by atoms with Gasteiger partial charge in [0.1, 0.15) is 11.6 Å². The quantitative estimate of drug-likeness (QED) is 0.438. The third kappa shape index (κ3) is 1.11. The first kappa shape index (κ1) is 7.10. The molecule has 1 rings (SSSR count). The molecule has 0 aliphatic heterocycles. The van der Waals surface area contributed by atoms with Crippen molar-refractivity contribution >= 4 is 0 Å². The first-order valence-electron chi connectivity index (χ1n) is 3.23. The summed E-state index contributed by atoms with van der Waals surface area (Å²) in [5, 5.41) is 8.11. The van der Waals surface area contributed by atoms with E-state index in [1.165, 1.54) is 0 Å². The van der Waals surface area contributed by atoms with E-state index >= 15 is 0 Å². The monoisotopic (exact) mass is 176 g/mol. The van der Waals surface area contributed by atoms with Gasteiger partial charge in [0.15, 0.2) is 23.3 Å². The Balaban J connectivity index is 3.69. The molecule has 0 aliphatic rings. The van der Waals surface area contributed by atoms with Gasteiger partial charge >= 0.3 is 0 Å². The summed E-state index contributed by atoms with van der Waals surface area (Å²) in [6.45, 7) is 0. The van der Waals surface area contributed by atoms with Crippen molar-refractivity contribution in [1.29, 1.82) is 5.26 Å². The molecule has 0 saturated carbocycles. The summed E-state index contributed by atoms with van der Waals surface area (Å²) < 4.78 is 56.7. The zero-order valence-corrected chi connectivity index (χ0v) is 5.46. The van der Waals surface area contributed by atoms with E-state index < -0.39 is 34.9 Å². The first-order chi connectivity index (χ1) is 6.00. The standard InChI is InChI=1S/C7HF4N/c8-4-1-5(9)7(11)3(2-12)6(4)10/h1H/i1D. The Morgan fingerprint density at radius 1 is 1.17 bits per heavy atom. The lowest BCUT2D eigenvalue weighted by Crippen LogP contribution is -1.98. The summed E-state index contributed by atoms with van der Waals surface area (Å²) >= 11 is 0. The maximum atomic E-state index is 12.6. The van der Waals surface area contributed by atoms with Crippen LogP contribution in [0.4, 0.5) is 17.6 Å². The average Bonchev–Trinajstić information content (AvgIpc) is 2.13. The maximum Gasteiger partial charge on any atom is 0.179 e. The predicted molar refractivity (Wildman–Crippen MR) is 31.0 cm³/mol. The molecule has 0 saturated heterocycles. The number of hydrogen-bond acceptors (Lipinski definition) is 1. The fourth-order valence-corrected chi connectivity index (χ4v) is 0.620. The van der Waals surface area contributed by atoms with E-state index in [0.29, 0.717) is 0 Å². The van der Waals surface area contributed by atoms with Crippen LogP contribution in [0, 0.1) is 34.6 Å². The lowest BCUT2D eigenvalue weighted by molar-refractivity contribution is 0.450. The van der Waals surface area contributed by atoms with Gasteiger partial charge in [-0.2, -0.15) is 5.26 Å². The molecule has 0 spiro atoms. The molecule has 0 aliphatic carbocycles. The number of rotatable bonds is 0. The minimum atomic E-state index is -1.87. The van der Waals surface area contributed by atoms with Crippen molar-refractivity contribution in [3.05, 3.63) is 34.9 Å². The summed E-state index contributed by atoms with van der Waals surface area (Å²) in [5.74, 6) is -7.41. The average molecular weight is 176 g/mol. The Labute approximate surface area is 66.3 Å². The molecule has 1 aromatic carbocycles. The van der Waals surface area contributed by atoms with Crippen molar-refractivity contribution in [2.24, 2.45) is 0 Å². The van der Waals surface area contributed by atoms with Crippen molar-refractivity contribution < 1.29 is 18.9 Å². The second-order valence-electron chi connectivity index (χ2n) is 1.87. The van der Waals surface area contributed by atoms with Crippen molar-refractivity contribution in [3.63, 3.8) is 0 Å². The van der Waals surface area contributed by atoms with Gasteiger partial charge in [0.25, 0.3) is 0 Å². The molecule has 0 unspecified atom stereocenters. The Morgan fingerprint density at radius 3 is 1.92 bits per heavy atom. The largest absolute Gasteiger partial charge is 0.204 e. The van der Waals surface area contributed by atoms with Crippen LogP contribution in [-0.2, 0) is 0 Å². The Hall–Kier alpha value is -1.57. The van der Waals surface area contributed by atoms with E-state index in [0.717, 1.165) is 6.07 Å². The van der Waals surface area contributed by atoms with Gasteiger partial charge in [-0.3, -0.25) is 0 Å². The van der Waals surface area contributed by atoms with Gasteiger partial charge in [0.05, 0.1) is 1.37 Å². The fraction of sp³-hybridized carbons (Fsp3) is 0. The molecule has 0 N–H and O–H groups in total. The zero-order valence-electron chi connectivity index (χ0n) is 6.46. The molecule has 0 fully saturated rings. The third-order valence-corrected chi connectivity index (χ3v) is 1.16. The summed E-state index contributed by atoms with van der Waals surface area (Å²) in [5.41, 5.74) is -1.36. The molecule has 0 bridgehead atoms. The maximum absolute atomic E-state index is 12.6. The molecule has 5 heteroatoms. The molecular formula is C7HF4N. The van der Waals surface area contributed by atoms with Crippen LogP contribution < -0.4 is 0 Å². The second kappa shape index (κ2) is 2.81. The smallest absolute Gasteiger partial charge is 0.179 e. The molecule has 0 radical (unpaired) electrons. The second-order valence-corrected chi connectivity index (χ2v) is 1.87. The van der Waals surface area contributed by atoms with E-state index in [1.807, 2.05) is 0 Å². The molecule has 12 heavy (non-hydrogen) atoms. The summed E-state index contributed by atoms with van der Waals surface area (Å²) in [6.07, 6.45) is 0. The van der Waals surface area contributed by atoms with Crippen LogP contribution in [0.1, 0.15) is 6.93 Å². The van der Waals surface area contributed by atoms with E-state index in [2.05, 4.69) is 0 Å². The fourth-order valence-electron chi connectivity index (χ4n) is 0.620. The van der Waals surface area contributed by atoms with Gasteiger partial charge in [-0.05, 0) is 0 Å². The Bertz CT molecular complexity index is 381. The van der Waals surface area contributed by atoms with Crippen LogP contribution in [0.5, 0.6) is 0 Å². The Kier molecular flexibility index (Phi) is 1.67. The highest BCUT2D eigenvalue weighted by Gasteiger charge is 2.18. The summed E-state index contributed by atoms with van der Waals surface area (Å²) in [4.78, 5) is 0. The van der Waals surface area contributed by atoms with Crippen LogP contribution in [0.3, 0.4) is 0 Å². The van der Waals surface area contributed by atoms with E-state index in [-0.39, 0.29) is 0 Å². The topological polar surface area (TPSA) is 23.8 Å².